The quantitative estimate of drug-likeness (QED) is 0.881. The average Bonchev–Trinajstić information content (AvgIpc) is 2.51. The lowest BCUT2D eigenvalue weighted by Crippen LogP contribution is -2.52. The maximum atomic E-state index is 12.6. The average molecular weight is 290 g/mol. The number of carboxylic acids is 1. The molecule has 1 aromatic carbocycles. The molecule has 0 bridgehead atoms. The molecule has 21 heavy (non-hydrogen) atoms. The molecule has 0 radical (unpaired) electrons. The maximum Gasteiger partial charge on any atom is 0.331 e. The molecular formula is C16H22N2O3. The van der Waals surface area contributed by atoms with E-state index in [2.05, 4.69) is 0 Å². The van der Waals surface area contributed by atoms with Crippen LogP contribution in [0.3, 0.4) is 0 Å². The zero-order chi connectivity index (χ0) is 15.6. The summed E-state index contributed by atoms with van der Waals surface area (Å²) < 4.78 is 0. The monoisotopic (exact) mass is 290 g/mol. The van der Waals surface area contributed by atoms with Crippen molar-refractivity contribution < 1.29 is 14.7 Å². The number of rotatable bonds is 4. The summed E-state index contributed by atoms with van der Waals surface area (Å²) in [6.45, 7) is 4.28. The predicted molar refractivity (Wildman–Crippen MR) is 79.7 cm³/mol. The number of carbonyl (C=O) groups is 2. The molecule has 5 nitrogen and oxygen atoms in total. The van der Waals surface area contributed by atoms with Gasteiger partial charge < -0.3 is 15.7 Å². The topological polar surface area (TPSA) is 83.6 Å². The van der Waals surface area contributed by atoms with Crippen molar-refractivity contribution in [2.24, 2.45) is 11.7 Å². The van der Waals surface area contributed by atoms with Gasteiger partial charge in [-0.05, 0) is 23.5 Å². The van der Waals surface area contributed by atoms with Crippen LogP contribution in [0, 0.1) is 5.92 Å². The second-order valence-electron chi connectivity index (χ2n) is 5.63. The number of amides is 1. The van der Waals surface area contributed by atoms with Crippen molar-refractivity contribution in [3.05, 3.63) is 35.4 Å². The maximum absolute atomic E-state index is 12.6. The number of nitrogens with zero attached hydrogens (tertiary/aromatic N) is 1. The summed E-state index contributed by atoms with van der Waals surface area (Å²) >= 11 is 0. The van der Waals surface area contributed by atoms with Crippen LogP contribution in [0.15, 0.2) is 24.3 Å². The van der Waals surface area contributed by atoms with Crippen LogP contribution in [0.5, 0.6) is 0 Å². The van der Waals surface area contributed by atoms with Crippen molar-refractivity contribution in [3.63, 3.8) is 0 Å². The van der Waals surface area contributed by atoms with E-state index in [-0.39, 0.29) is 11.8 Å². The highest BCUT2D eigenvalue weighted by atomic mass is 16.4. The minimum atomic E-state index is -1.01. The van der Waals surface area contributed by atoms with E-state index in [4.69, 9.17) is 5.73 Å². The number of benzene rings is 1. The van der Waals surface area contributed by atoms with Crippen LogP contribution in [0.25, 0.3) is 0 Å². The van der Waals surface area contributed by atoms with Crippen molar-refractivity contribution in [2.45, 2.75) is 38.8 Å². The molecule has 0 aliphatic carbocycles. The Hall–Kier alpha value is -1.88. The number of hydrogen-bond acceptors (Lipinski definition) is 3. The van der Waals surface area contributed by atoms with Gasteiger partial charge in [0.15, 0.2) is 6.04 Å². The predicted octanol–water partition coefficient (Wildman–Crippen LogP) is 1.57. The molecule has 0 spiro atoms. The number of nitrogens with two attached hydrogens (primary N) is 1. The number of carboxylic acid groups (broad SMARTS) is 1. The first-order valence-corrected chi connectivity index (χ1v) is 7.34. The molecule has 0 saturated carbocycles. The molecule has 114 valence electrons. The van der Waals surface area contributed by atoms with Crippen LogP contribution in [0.1, 0.15) is 37.4 Å². The van der Waals surface area contributed by atoms with Crippen molar-refractivity contribution in [1.29, 1.82) is 0 Å². The zero-order valence-corrected chi connectivity index (χ0v) is 12.5. The molecular weight excluding hydrogens is 268 g/mol. The Kier molecular flexibility index (Phi) is 4.63. The summed E-state index contributed by atoms with van der Waals surface area (Å²) in [5.74, 6) is -1.25. The molecule has 1 amide bonds. The van der Waals surface area contributed by atoms with Gasteiger partial charge in [0.25, 0.3) is 0 Å². The summed E-state index contributed by atoms with van der Waals surface area (Å²) in [6, 6.07) is 5.81. The molecule has 5 heteroatoms. The molecule has 3 atom stereocenters. The van der Waals surface area contributed by atoms with Gasteiger partial charge in [-0.15, -0.1) is 0 Å². The Morgan fingerprint density at radius 3 is 2.71 bits per heavy atom. The van der Waals surface area contributed by atoms with Gasteiger partial charge in [-0.2, -0.15) is 0 Å². The van der Waals surface area contributed by atoms with Crippen LogP contribution in [0.2, 0.25) is 0 Å². The number of hydrogen-bond donors (Lipinski definition) is 2. The van der Waals surface area contributed by atoms with Gasteiger partial charge >= 0.3 is 5.97 Å². The van der Waals surface area contributed by atoms with Gasteiger partial charge in [-0.25, -0.2) is 4.79 Å². The van der Waals surface area contributed by atoms with E-state index < -0.39 is 18.1 Å². The molecule has 1 aromatic rings. The Morgan fingerprint density at radius 2 is 2.10 bits per heavy atom. The van der Waals surface area contributed by atoms with Crippen molar-refractivity contribution in [2.75, 3.05) is 6.54 Å². The van der Waals surface area contributed by atoms with E-state index in [1.807, 2.05) is 26.0 Å². The fourth-order valence-electron chi connectivity index (χ4n) is 2.76. The number of carbonyl (C=O) groups excluding carboxylic acids is 1. The first-order chi connectivity index (χ1) is 9.97. The van der Waals surface area contributed by atoms with E-state index in [0.717, 1.165) is 12.0 Å². The van der Waals surface area contributed by atoms with Crippen LogP contribution >= 0.6 is 0 Å². The third-order valence-corrected chi connectivity index (χ3v) is 4.34. The van der Waals surface area contributed by atoms with E-state index in [9.17, 15) is 14.7 Å². The van der Waals surface area contributed by atoms with Gasteiger partial charge in [0.05, 0.1) is 6.04 Å². The highest BCUT2D eigenvalue weighted by Crippen LogP contribution is 2.30. The van der Waals surface area contributed by atoms with E-state index in [0.29, 0.717) is 18.5 Å². The van der Waals surface area contributed by atoms with Crippen molar-refractivity contribution >= 4 is 11.9 Å². The molecule has 0 aromatic heterocycles. The summed E-state index contributed by atoms with van der Waals surface area (Å²) in [5.41, 5.74) is 7.69. The van der Waals surface area contributed by atoms with Crippen LogP contribution in [-0.2, 0) is 16.0 Å². The van der Waals surface area contributed by atoms with Crippen LogP contribution in [-0.4, -0.2) is 34.5 Å². The fourth-order valence-corrected chi connectivity index (χ4v) is 2.76. The lowest BCUT2D eigenvalue weighted by atomic mass is 9.90. The molecule has 2 rings (SSSR count). The smallest absolute Gasteiger partial charge is 0.331 e. The number of aliphatic carboxylic acids is 1. The van der Waals surface area contributed by atoms with E-state index in [1.165, 1.54) is 4.90 Å². The van der Waals surface area contributed by atoms with Gasteiger partial charge in [0.2, 0.25) is 5.91 Å². The molecule has 3 N–H and O–H groups in total. The largest absolute Gasteiger partial charge is 0.479 e. The molecule has 1 aliphatic heterocycles. The third kappa shape index (κ3) is 2.93. The Labute approximate surface area is 124 Å². The first-order valence-electron chi connectivity index (χ1n) is 7.34. The summed E-state index contributed by atoms with van der Waals surface area (Å²) in [5, 5.41) is 9.55. The van der Waals surface area contributed by atoms with Crippen molar-refractivity contribution in [1.82, 2.24) is 4.90 Å². The first kappa shape index (κ1) is 15.5. The van der Waals surface area contributed by atoms with Crippen molar-refractivity contribution in [3.8, 4) is 0 Å². The van der Waals surface area contributed by atoms with Gasteiger partial charge in [-0.1, -0.05) is 44.5 Å². The minimum absolute atomic E-state index is 0.0316. The Bertz CT molecular complexity index is 544. The zero-order valence-electron chi connectivity index (χ0n) is 12.5. The fraction of sp³-hybridized carbons (Fsp3) is 0.500. The highest BCUT2D eigenvalue weighted by molar-refractivity contribution is 5.88. The standard InChI is InChI=1S/C16H22N2O3/c1-3-10(2)13(17)15(19)18-9-8-11-6-4-5-7-12(11)14(18)16(20)21/h4-7,10,13-14H,3,8-9,17H2,1-2H3,(H,20,21)/t10?,13-,14?/m0/s1. The molecule has 1 aliphatic rings. The Balaban J connectivity index is 2.33. The summed E-state index contributed by atoms with van der Waals surface area (Å²) in [7, 11) is 0. The van der Waals surface area contributed by atoms with E-state index in [1.54, 1.807) is 12.1 Å². The molecule has 2 unspecified atom stereocenters. The second kappa shape index (κ2) is 6.26. The SMILES string of the molecule is CCC(C)[C@H](N)C(=O)N1CCc2ccccc2C1C(=O)O. The molecule has 0 saturated heterocycles. The van der Waals surface area contributed by atoms with Crippen LogP contribution < -0.4 is 5.73 Å². The van der Waals surface area contributed by atoms with Gasteiger partial charge in [0.1, 0.15) is 0 Å². The molecule has 1 heterocycles. The van der Waals surface area contributed by atoms with Crippen LogP contribution in [0.4, 0.5) is 0 Å². The van der Waals surface area contributed by atoms with Gasteiger partial charge in [0, 0.05) is 6.54 Å². The van der Waals surface area contributed by atoms with E-state index >= 15 is 0 Å². The Morgan fingerprint density at radius 1 is 1.43 bits per heavy atom. The highest BCUT2D eigenvalue weighted by Gasteiger charge is 2.38. The second-order valence-corrected chi connectivity index (χ2v) is 5.63. The normalized spacial score (nSPS) is 20.5. The summed E-state index contributed by atoms with van der Waals surface area (Å²) in [6.07, 6.45) is 1.45. The minimum Gasteiger partial charge on any atom is -0.479 e. The number of fused-ring (bicyclic) bond motifs is 1. The molecule has 0 fully saturated rings. The summed E-state index contributed by atoms with van der Waals surface area (Å²) in [4.78, 5) is 25.6. The third-order valence-electron chi connectivity index (χ3n) is 4.34. The van der Waals surface area contributed by atoms with Gasteiger partial charge in [-0.3, -0.25) is 4.79 Å². The lowest BCUT2D eigenvalue weighted by Gasteiger charge is -2.37. The lowest BCUT2D eigenvalue weighted by molar-refractivity contribution is -0.152.